The molecular formula is C9H15FO. The topological polar surface area (TPSA) is 17.1 Å². The number of halogens is 1. The molecule has 1 fully saturated rings. The molecule has 2 heteroatoms. The molecular weight excluding hydrogens is 143 g/mol. The standard InChI is InChI=1S/C9H15FO/c1-8(2,3)7(6-11)9(10)4-5-9/h6-7H,4-5H2,1-3H3. The number of carbonyl (C=O) groups is 1. The second-order valence-corrected chi connectivity index (χ2v) is 4.51. The van der Waals surface area contributed by atoms with Crippen LogP contribution in [0.5, 0.6) is 0 Å². The van der Waals surface area contributed by atoms with Crippen molar-refractivity contribution in [2.24, 2.45) is 11.3 Å². The Hall–Kier alpha value is -0.400. The first-order valence-electron chi connectivity index (χ1n) is 4.04. The highest BCUT2D eigenvalue weighted by molar-refractivity contribution is 5.58. The molecule has 0 bridgehead atoms. The van der Waals surface area contributed by atoms with Crippen LogP contribution >= 0.6 is 0 Å². The number of rotatable bonds is 2. The smallest absolute Gasteiger partial charge is 0.126 e. The van der Waals surface area contributed by atoms with Gasteiger partial charge in [0.05, 0.1) is 5.92 Å². The van der Waals surface area contributed by atoms with Crippen LogP contribution in [0.2, 0.25) is 0 Å². The van der Waals surface area contributed by atoms with Gasteiger partial charge < -0.3 is 4.79 Å². The lowest BCUT2D eigenvalue weighted by Crippen LogP contribution is -2.32. The van der Waals surface area contributed by atoms with E-state index in [4.69, 9.17) is 0 Å². The fourth-order valence-electron chi connectivity index (χ4n) is 1.53. The van der Waals surface area contributed by atoms with Gasteiger partial charge in [0.25, 0.3) is 0 Å². The van der Waals surface area contributed by atoms with Crippen molar-refractivity contribution in [2.45, 2.75) is 39.3 Å². The Balaban J connectivity index is 2.72. The maximum Gasteiger partial charge on any atom is 0.126 e. The van der Waals surface area contributed by atoms with Crippen LogP contribution in [0.15, 0.2) is 0 Å². The third-order valence-corrected chi connectivity index (χ3v) is 2.35. The summed E-state index contributed by atoms with van der Waals surface area (Å²) in [5.74, 6) is -0.421. The molecule has 64 valence electrons. The molecule has 0 aromatic heterocycles. The van der Waals surface area contributed by atoms with E-state index >= 15 is 0 Å². The predicted molar refractivity (Wildman–Crippen MR) is 42.1 cm³/mol. The van der Waals surface area contributed by atoms with Crippen LogP contribution in [-0.2, 0) is 4.79 Å². The quantitative estimate of drug-likeness (QED) is 0.564. The van der Waals surface area contributed by atoms with Crippen LogP contribution in [0.4, 0.5) is 4.39 Å². The zero-order valence-electron chi connectivity index (χ0n) is 7.36. The van der Waals surface area contributed by atoms with E-state index in [-0.39, 0.29) is 5.41 Å². The predicted octanol–water partition coefficient (Wildman–Crippen LogP) is 2.35. The molecule has 1 rings (SSSR count). The summed E-state index contributed by atoms with van der Waals surface area (Å²) in [7, 11) is 0. The van der Waals surface area contributed by atoms with Crippen molar-refractivity contribution in [1.29, 1.82) is 0 Å². The van der Waals surface area contributed by atoms with Gasteiger partial charge in [-0.3, -0.25) is 0 Å². The molecule has 0 saturated heterocycles. The summed E-state index contributed by atoms with van der Waals surface area (Å²) in [6.45, 7) is 5.73. The van der Waals surface area contributed by atoms with Gasteiger partial charge in [-0.2, -0.15) is 0 Å². The summed E-state index contributed by atoms with van der Waals surface area (Å²) >= 11 is 0. The number of alkyl halides is 1. The van der Waals surface area contributed by atoms with Gasteiger partial charge in [-0.25, -0.2) is 4.39 Å². The molecule has 0 aliphatic heterocycles. The number of aldehydes is 1. The van der Waals surface area contributed by atoms with E-state index in [9.17, 15) is 9.18 Å². The summed E-state index contributed by atoms with van der Waals surface area (Å²) < 4.78 is 13.4. The summed E-state index contributed by atoms with van der Waals surface area (Å²) in [6.07, 6.45) is 1.90. The molecule has 0 radical (unpaired) electrons. The minimum atomic E-state index is -1.17. The average molecular weight is 158 g/mol. The second-order valence-electron chi connectivity index (χ2n) is 4.51. The highest BCUT2D eigenvalue weighted by Crippen LogP contribution is 2.51. The summed E-state index contributed by atoms with van der Waals surface area (Å²) in [6, 6.07) is 0. The summed E-state index contributed by atoms with van der Waals surface area (Å²) in [5, 5.41) is 0. The highest BCUT2D eigenvalue weighted by atomic mass is 19.1. The minimum absolute atomic E-state index is 0.229. The molecule has 0 spiro atoms. The third-order valence-electron chi connectivity index (χ3n) is 2.35. The zero-order valence-corrected chi connectivity index (χ0v) is 7.36. The molecule has 1 aliphatic carbocycles. The first-order chi connectivity index (χ1) is 4.90. The largest absolute Gasteiger partial charge is 0.303 e. The van der Waals surface area contributed by atoms with Crippen molar-refractivity contribution in [3.05, 3.63) is 0 Å². The van der Waals surface area contributed by atoms with Gasteiger partial charge in [-0.1, -0.05) is 20.8 Å². The summed E-state index contributed by atoms with van der Waals surface area (Å²) in [5.41, 5.74) is -1.40. The normalized spacial score (nSPS) is 24.4. The Morgan fingerprint density at radius 2 is 1.91 bits per heavy atom. The maximum atomic E-state index is 13.4. The lowest BCUT2D eigenvalue weighted by Gasteiger charge is -2.28. The van der Waals surface area contributed by atoms with E-state index in [1.165, 1.54) is 0 Å². The first kappa shape index (κ1) is 8.69. The van der Waals surface area contributed by atoms with Gasteiger partial charge in [-0.15, -0.1) is 0 Å². The Bertz CT molecular complexity index is 160. The second kappa shape index (κ2) is 2.29. The summed E-state index contributed by atoms with van der Waals surface area (Å²) in [4.78, 5) is 10.6. The van der Waals surface area contributed by atoms with Crippen LogP contribution < -0.4 is 0 Å². The molecule has 1 atom stereocenters. The van der Waals surface area contributed by atoms with Gasteiger partial charge in [0, 0.05) is 0 Å². The van der Waals surface area contributed by atoms with E-state index in [2.05, 4.69) is 0 Å². The van der Waals surface area contributed by atoms with Crippen molar-refractivity contribution >= 4 is 6.29 Å². The SMILES string of the molecule is CC(C)(C)C(C=O)C1(F)CC1. The van der Waals surface area contributed by atoms with Crippen LogP contribution in [0.1, 0.15) is 33.6 Å². The molecule has 0 aromatic rings. The molecule has 1 aliphatic rings. The average Bonchev–Trinajstić information content (AvgIpc) is 2.45. The lowest BCUT2D eigenvalue weighted by molar-refractivity contribution is -0.117. The maximum absolute atomic E-state index is 13.4. The number of hydrogen-bond acceptors (Lipinski definition) is 1. The van der Waals surface area contributed by atoms with E-state index in [1.54, 1.807) is 0 Å². The van der Waals surface area contributed by atoms with Crippen molar-refractivity contribution in [1.82, 2.24) is 0 Å². The Morgan fingerprint density at radius 1 is 1.45 bits per heavy atom. The van der Waals surface area contributed by atoms with Crippen LogP contribution in [-0.4, -0.2) is 12.0 Å². The molecule has 11 heavy (non-hydrogen) atoms. The van der Waals surface area contributed by atoms with Gasteiger partial charge in [0.15, 0.2) is 0 Å². The van der Waals surface area contributed by atoms with Gasteiger partial charge in [-0.05, 0) is 18.3 Å². The molecule has 0 amide bonds. The van der Waals surface area contributed by atoms with Gasteiger partial charge in [0.2, 0.25) is 0 Å². The molecule has 0 heterocycles. The fraction of sp³-hybridized carbons (Fsp3) is 0.889. The van der Waals surface area contributed by atoms with Crippen LogP contribution in [0.3, 0.4) is 0 Å². The van der Waals surface area contributed by atoms with Crippen molar-refractivity contribution in [3.63, 3.8) is 0 Å². The van der Waals surface area contributed by atoms with E-state index in [1.807, 2.05) is 20.8 Å². The Kier molecular flexibility index (Phi) is 1.81. The van der Waals surface area contributed by atoms with E-state index in [0.717, 1.165) is 6.29 Å². The molecule has 0 N–H and O–H groups in total. The van der Waals surface area contributed by atoms with Crippen molar-refractivity contribution in [3.8, 4) is 0 Å². The zero-order chi connectivity index (χ0) is 8.70. The highest BCUT2D eigenvalue weighted by Gasteiger charge is 2.54. The minimum Gasteiger partial charge on any atom is -0.303 e. The fourth-order valence-corrected chi connectivity index (χ4v) is 1.53. The monoisotopic (exact) mass is 158 g/mol. The first-order valence-corrected chi connectivity index (χ1v) is 4.04. The third kappa shape index (κ3) is 1.60. The van der Waals surface area contributed by atoms with Gasteiger partial charge >= 0.3 is 0 Å². The number of carbonyl (C=O) groups excluding carboxylic acids is 1. The molecule has 1 nitrogen and oxygen atoms in total. The lowest BCUT2D eigenvalue weighted by atomic mass is 9.77. The molecule has 0 aromatic carbocycles. The van der Waals surface area contributed by atoms with E-state index < -0.39 is 11.6 Å². The van der Waals surface area contributed by atoms with Crippen molar-refractivity contribution in [2.75, 3.05) is 0 Å². The Labute approximate surface area is 67.0 Å². The number of hydrogen-bond donors (Lipinski definition) is 0. The Morgan fingerprint density at radius 3 is 2.00 bits per heavy atom. The molecule has 1 unspecified atom stereocenters. The van der Waals surface area contributed by atoms with Gasteiger partial charge in [0.1, 0.15) is 12.0 Å². The van der Waals surface area contributed by atoms with Crippen LogP contribution in [0, 0.1) is 11.3 Å². The van der Waals surface area contributed by atoms with Crippen molar-refractivity contribution < 1.29 is 9.18 Å². The van der Waals surface area contributed by atoms with Crippen LogP contribution in [0.25, 0.3) is 0 Å². The van der Waals surface area contributed by atoms with E-state index in [0.29, 0.717) is 12.8 Å². The molecule has 1 saturated carbocycles.